The maximum absolute atomic E-state index is 5.71. The van der Waals surface area contributed by atoms with Gasteiger partial charge in [0.1, 0.15) is 0 Å². The molecule has 114 valence electrons. The van der Waals surface area contributed by atoms with Crippen LogP contribution in [-0.4, -0.2) is 5.88 Å². The standard InChI is InChI=1S/C19H31Cl/c1-16(2)8-6-10-19(13-12-17(3)4)11-7-9-18(5)14-15-20/h8,11-12,14H,6-7,9-10,13,15H2,1-5H3/b18-14+,19-11-. The lowest BCUT2D eigenvalue weighted by Gasteiger charge is -2.05. The summed E-state index contributed by atoms with van der Waals surface area (Å²) in [4.78, 5) is 0. The minimum absolute atomic E-state index is 0.626. The molecule has 0 aliphatic rings. The van der Waals surface area contributed by atoms with E-state index < -0.39 is 0 Å². The molecule has 0 radical (unpaired) electrons. The maximum Gasteiger partial charge on any atom is 0.0406 e. The van der Waals surface area contributed by atoms with Gasteiger partial charge in [-0.05, 0) is 66.7 Å². The molecule has 0 fully saturated rings. The van der Waals surface area contributed by atoms with E-state index in [2.05, 4.69) is 58.9 Å². The van der Waals surface area contributed by atoms with Gasteiger partial charge in [0, 0.05) is 5.88 Å². The Labute approximate surface area is 131 Å². The van der Waals surface area contributed by atoms with Crippen molar-refractivity contribution in [2.75, 3.05) is 5.88 Å². The molecule has 20 heavy (non-hydrogen) atoms. The molecule has 0 aliphatic carbocycles. The molecular formula is C19H31Cl. The Morgan fingerprint density at radius 1 is 0.750 bits per heavy atom. The fourth-order valence-electron chi connectivity index (χ4n) is 1.91. The predicted octanol–water partition coefficient (Wildman–Crippen LogP) is 6.98. The fourth-order valence-corrected chi connectivity index (χ4v) is 2.17. The summed E-state index contributed by atoms with van der Waals surface area (Å²) in [7, 11) is 0. The lowest BCUT2D eigenvalue weighted by molar-refractivity contribution is 0.890. The number of hydrogen-bond acceptors (Lipinski definition) is 0. The Hall–Kier alpha value is -0.750. The smallest absolute Gasteiger partial charge is 0.0406 e. The molecule has 0 spiro atoms. The molecule has 0 amide bonds. The van der Waals surface area contributed by atoms with Crippen molar-refractivity contribution in [3.8, 4) is 0 Å². The first kappa shape index (κ1) is 19.2. The van der Waals surface area contributed by atoms with Gasteiger partial charge in [-0.25, -0.2) is 0 Å². The van der Waals surface area contributed by atoms with Crippen LogP contribution >= 0.6 is 11.6 Å². The topological polar surface area (TPSA) is 0 Å². The number of allylic oxidation sites excluding steroid dienone is 8. The van der Waals surface area contributed by atoms with Crippen molar-refractivity contribution >= 4 is 11.6 Å². The summed E-state index contributed by atoms with van der Waals surface area (Å²) in [6, 6.07) is 0. The van der Waals surface area contributed by atoms with Crippen molar-refractivity contribution < 1.29 is 0 Å². The molecule has 0 unspecified atom stereocenters. The number of halogens is 1. The van der Waals surface area contributed by atoms with Gasteiger partial charge in [0.05, 0.1) is 0 Å². The molecule has 0 saturated heterocycles. The van der Waals surface area contributed by atoms with E-state index in [1.807, 2.05) is 0 Å². The van der Waals surface area contributed by atoms with Gasteiger partial charge in [0.2, 0.25) is 0 Å². The van der Waals surface area contributed by atoms with Crippen LogP contribution in [-0.2, 0) is 0 Å². The first-order valence-electron chi connectivity index (χ1n) is 7.62. The molecule has 0 N–H and O–H groups in total. The third kappa shape index (κ3) is 12.3. The highest BCUT2D eigenvalue weighted by molar-refractivity contribution is 6.18. The predicted molar refractivity (Wildman–Crippen MR) is 94.5 cm³/mol. The zero-order chi connectivity index (χ0) is 15.4. The molecule has 1 heteroatoms. The molecule has 0 rings (SSSR count). The normalized spacial score (nSPS) is 12.3. The second kappa shape index (κ2) is 12.0. The zero-order valence-electron chi connectivity index (χ0n) is 13.9. The van der Waals surface area contributed by atoms with E-state index in [0.717, 1.165) is 25.7 Å². The van der Waals surface area contributed by atoms with E-state index >= 15 is 0 Å². The van der Waals surface area contributed by atoms with Gasteiger partial charge in [-0.2, -0.15) is 0 Å². The van der Waals surface area contributed by atoms with Crippen LogP contribution in [0.15, 0.2) is 46.6 Å². The van der Waals surface area contributed by atoms with Crippen LogP contribution in [0, 0.1) is 0 Å². The molecule has 0 aliphatic heterocycles. The Bertz CT molecular complexity index is 373. The first-order valence-corrected chi connectivity index (χ1v) is 8.15. The van der Waals surface area contributed by atoms with E-state index in [1.54, 1.807) is 5.57 Å². The Morgan fingerprint density at radius 3 is 1.90 bits per heavy atom. The molecule has 0 aromatic rings. The van der Waals surface area contributed by atoms with E-state index in [4.69, 9.17) is 11.6 Å². The highest BCUT2D eigenvalue weighted by Crippen LogP contribution is 2.16. The van der Waals surface area contributed by atoms with Crippen molar-refractivity contribution in [2.24, 2.45) is 0 Å². The number of rotatable bonds is 9. The van der Waals surface area contributed by atoms with Crippen LogP contribution < -0.4 is 0 Å². The minimum atomic E-state index is 0.626. The lowest BCUT2D eigenvalue weighted by atomic mass is 10.0. The summed E-state index contributed by atoms with van der Waals surface area (Å²) in [5.74, 6) is 0.626. The zero-order valence-corrected chi connectivity index (χ0v) is 14.7. The van der Waals surface area contributed by atoms with Crippen molar-refractivity contribution in [3.63, 3.8) is 0 Å². The minimum Gasteiger partial charge on any atom is -0.122 e. The molecule has 0 heterocycles. The molecule has 0 bridgehead atoms. The average molecular weight is 295 g/mol. The molecule has 0 nitrogen and oxygen atoms in total. The molecular weight excluding hydrogens is 264 g/mol. The largest absolute Gasteiger partial charge is 0.122 e. The second-order valence-electron chi connectivity index (χ2n) is 5.91. The summed E-state index contributed by atoms with van der Waals surface area (Å²) in [6.45, 7) is 10.8. The van der Waals surface area contributed by atoms with Crippen LogP contribution in [0.5, 0.6) is 0 Å². The fraction of sp³-hybridized carbons (Fsp3) is 0.579. The summed E-state index contributed by atoms with van der Waals surface area (Å²) < 4.78 is 0. The summed E-state index contributed by atoms with van der Waals surface area (Å²) >= 11 is 5.71. The van der Waals surface area contributed by atoms with E-state index in [9.17, 15) is 0 Å². The number of hydrogen-bond donors (Lipinski definition) is 0. The van der Waals surface area contributed by atoms with Crippen molar-refractivity contribution in [1.29, 1.82) is 0 Å². The van der Waals surface area contributed by atoms with Gasteiger partial charge in [0.15, 0.2) is 0 Å². The molecule has 0 saturated carbocycles. The summed E-state index contributed by atoms with van der Waals surface area (Å²) in [5.41, 5.74) is 5.76. The molecule has 0 aromatic carbocycles. The van der Waals surface area contributed by atoms with Gasteiger partial charge in [-0.15, -0.1) is 11.6 Å². The average Bonchev–Trinajstić information content (AvgIpc) is 2.35. The van der Waals surface area contributed by atoms with Crippen molar-refractivity contribution in [2.45, 2.75) is 66.7 Å². The SMILES string of the molecule is CC(C)=CCC/C(=C/CC/C(C)=C/CCl)CC=C(C)C. The van der Waals surface area contributed by atoms with Crippen LogP contribution in [0.4, 0.5) is 0 Å². The summed E-state index contributed by atoms with van der Waals surface area (Å²) in [5, 5.41) is 0. The third-order valence-electron chi connectivity index (χ3n) is 3.19. The van der Waals surface area contributed by atoms with Gasteiger partial charge in [-0.3, -0.25) is 0 Å². The van der Waals surface area contributed by atoms with Crippen molar-refractivity contribution in [1.82, 2.24) is 0 Å². The first-order chi connectivity index (χ1) is 9.45. The van der Waals surface area contributed by atoms with Gasteiger partial charge in [-0.1, -0.05) is 46.6 Å². The van der Waals surface area contributed by atoms with Crippen LogP contribution in [0.2, 0.25) is 0 Å². The molecule has 0 atom stereocenters. The van der Waals surface area contributed by atoms with Crippen LogP contribution in [0.3, 0.4) is 0 Å². The summed E-state index contributed by atoms with van der Waals surface area (Å²) in [6.07, 6.45) is 14.8. The second-order valence-corrected chi connectivity index (χ2v) is 6.22. The molecule has 0 aromatic heterocycles. The van der Waals surface area contributed by atoms with E-state index in [-0.39, 0.29) is 0 Å². The van der Waals surface area contributed by atoms with E-state index in [1.165, 1.54) is 23.1 Å². The van der Waals surface area contributed by atoms with Gasteiger partial charge >= 0.3 is 0 Å². The Kier molecular flexibility index (Phi) is 11.6. The Balaban J connectivity index is 4.46. The monoisotopic (exact) mass is 294 g/mol. The third-order valence-corrected chi connectivity index (χ3v) is 3.34. The lowest BCUT2D eigenvalue weighted by Crippen LogP contribution is -1.85. The van der Waals surface area contributed by atoms with Crippen LogP contribution in [0.1, 0.15) is 66.7 Å². The van der Waals surface area contributed by atoms with Crippen molar-refractivity contribution in [3.05, 3.63) is 46.6 Å². The van der Waals surface area contributed by atoms with Crippen LogP contribution in [0.25, 0.3) is 0 Å². The van der Waals surface area contributed by atoms with Gasteiger partial charge < -0.3 is 0 Å². The maximum atomic E-state index is 5.71. The highest BCUT2D eigenvalue weighted by Gasteiger charge is 1.96. The highest BCUT2D eigenvalue weighted by atomic mass is 35.5. The Morgan fingerprint density at radius 2 is 1.35 bits per heavy atom. The number of alkyl halides is 1. The quantitative estimate of drug-likeness (QED) is 0.318. The van der Waals surface area contributed by atoms with E-state index in [0.29, 0.717) is 5.88 Å². The van der Waals surface area contributed by atoms with Gasteiger partial charge in [0.25, 0.3) is 0 Å².